The topological polar surface area (TPSA) is 84.3 Å². The van der Waals surface area contributed by atoms with E-state index in [-0.39, 0.29) is 12.0 Å². The molecule has 1 saturated carbocycles. The maximum Gasteiger partial charge on any atom is 0.295 e. The number of hydrogen-bond donors (Lipinski definition) is 3. The van der Waals surface area contributed by atoms with Gasteiger partial charge in [0.25, 0.3) is 6.01 Å². The molecule has 0 spiro atoms. The number of oxazole rings is 1. The van der Waals surface area contributed by atoms with Gasteiger partial charge < -0.3 is 20.6 Å². The number of aromatic nitrogens is 1. The van der Waals surface area contributed by atoms with Gasteiger partial charge in [0.05, 0.1) is 6.10 Å². The van der Waals surface area contributed by atoms with E-state index in [0.29, 0.717) is 18.2 Å². The Balaban J connectivity index is 1.68. The summed E-state index contributed by atoms with van der Waals surface area (Å²) < 4.78 is 5.59. The van der Waals surface area contributed by atoms with Gasteiger partial charge in [0.15, 0.2) is 5.58 Å². The lowest BCUT2D eigenvalue weighted by molar-refractivity contribution is 0.0761. The van der Waals surface area contributed by atoms with Gasteiger partial charge in [-0.1, -0.05) is 12.8 Å². The van der Waals surface area contributed by atoms with Crippen LogP contribution in [-0.4, -0.2) is 22.7 Å². The van der Waals surface area contributed by atoms with E-state index in [1.807, 2.05) is 6.07 Å². The van der Waals surface area contributed by atoms with Gasteiger partial charge >= 0.3 is 0 Å². The molecule has 3 rings (SSSR count). The van der Waals surface area contributed by atoms with Crippen LogP contribution in [-0.2, 0) is 0 Å². The quantitative estimate of drug-likeness (QED) is 0.739. The molecule has 0 bridgehead atoms. The molecule has 1 heterocycles. The summed E-state index contributed by atoms with van der Waals surface area (Å²) in [5, 5.41) is 13.1. The van der Waals surface area contributed by atoms with Crippen LogP contribution in [0.2, 0.25) is 0 Å². The Kier molecular flexibility index (Phi) is 3.29. The normalized spacial score (nSPS) is 23.6. The first-order chi connectivity index (χ1) is 9.22. The Morgan fingerprint density at radius 2 is 2.21 bits per heavy atom. The lowest BCUT2D eigenvalue weighted by atomic mass is 9.86. The van der Waals surface area contributed by atoms with E-state index in [4.69, 9.17) is 10.2 Å². The number of hydrogen-bond acceptors (Lipinski definition) is 5. The maximum absolute atomic E-state index is 9.92. The minimum Gasteiger partial charge on any atom is -0.424 e. The van der Waals surface area contributed by atoms with Crippen molar-refractivity contribution in [3.63, 3.8) is 0 Å². The number of benzene rings is 1. The molecule has 0 aliphatic heterocycles. The second kappa shape index (κ2) is 5.09. The smallest absolute Gasteiger partial charge is 0.295 e. The van der Waals surface area contributed by atoms with Crippen LogP contribution in [0, 0.1) is 5.92 Å². The molecule has 0 saturated heterocycles. The van der Waals surface area contributed by atoms with Gasteiger partial charge in [-0.15, -0.1) is 0 Å². The van der Waals surface area contributed by atoms with Crippen LogP contribution in [0.5, 0.6) is 0 Å². The van der Waals surface area contributed by atoms with Crippen LogP contribution < -0.4 is 11.1 Å². The predicted octanol–water partition coefficient (Wildman–Crippen LogP) is 2.37. The second-order valence-corrected chi connectivity index (χ2v) is 5.24. The number of nitrogen functional groups attached to an aromatic ring is 1. The van der Waals surface area contributed by atoms with E-state index < -0.39 is 0 Å². The van der Waals surface area contributed by atoms with Crippen molar-refractivity contribution in [2.45, 2.75) is 31.8 Å². The molecule has 5 nitrogen and oxygen atoms in total. The zero-order valence-electron chi connectivity index (χ0n) is 10.8. The zero-order chi connectivity index (χ0) is 13.2. The number of anilines is 2. The Morgan fingerprint density at radius 1 is 1.37 bits per heavy atom. The van der Waals surface area contributed by atoms with Crippen LogP contribution in [0.3, 0.4) is 0 Å². The van der Waals surface area contributed by atoms with Crippen LogP contribution in [0.25, 0.3) is 11.1 Å². The Hall–Kier alpha value is -1.75. The molecular weight excluding hydrogens is 242 g/mol. The van der Waals surface area contributed by atoms with Crippen molar-refractivity contribution in [1.29, 1.82) is 0 Å². The summed E-state index contributed by atoms with van der Waals surface area (Å²) >= 11 is 0. The number of nitrogens with zero attached hydrogens (tertiary/aromatic N) is 1. The number of nitrogens with two attached hydrogens (primary N) is 1. The lowest BCUT2D eigenvalue weighted by Crippen LogP contribution is -2.30. The molecule has 1 fully saturated rings. The van der Waals surface area contributed by atoms with Crippen LogP contribution >= 0.6 is 0 Å². The summed E-state index contributed by atoms with van der Waals surface area (Å²) in [5.74, 6) is 0.286. The van der Waals surface area contributed by atoms with Crippen molar-refractivity contribution in [3.05, 3.63) is 18.2 Å². The van der Waals surface area contributed by atoms with Crippen LogP contribution in [0.1, 0.15) is 25.7 Å². The highest BCUT2D eigenvalue weighted by molar-refractivity contribution is 5.78. The molecule has 2 aromatic rings. The summed E-state index contributed by atoms with van der Waals surface area (Å²) in [7, 11) is 0. The molecule has 0 amide bonds. The molecule has 4 N–H and O–H groups in total. The highest BCUT2D eigenvalue weighted by Crippen LogP contribution is 2.26. The first-order valence-electron chi connectivity index (χ1n) is 6.80. The third kappa shape index (κ3) is 2.66. The van der Waals surface area contributed by atoms with Gasteiger partial charge in [-0.05, 0) is 31.0 Å². The van der Waals surface area contributed by atoms with Crippen LogP contribution in [0.4, 0.5) is 11.7 Å². The number of fused-ring (bicyclic) bond motifs is 1. The first kappa shape index (κ1) is 12.3. The standard InChI is InChI=1S/C14H19N3O2/c15-10-5-6-13-11(7-10)17-14(19-13)16-8-9-3-1-2-4-12(9)18/h5-7,9,12,18H,1-4,8,15H2,(H,16,17). The molecular formula is C14H19N3O2. The fraction of sp³-hybridized carbons (Fsp3) is 0.500. The maximum atomic E-state index is 9.92. The highest BCUT2D eigenvalue weighted by Gasteiger charge is 2.23. The summed E-state index contributed by atoms with van der Waals surface area (Å²) in [4.78, 5) is 4.34. The van der Waals surface area contributed by atoms with Crippen molar-refractivity contribution in [1.82, 2.24) is 4.98 Å². The number of nitrogens with one attached hydrogen (secondary N) is 1. The van der Waals surface area contributed by atoms with Gasteiger partial charge in [-0.3, -0.25) is 0 Å². The Morgan fingerprint density at radius 3 is 3.05 bits per heavy atom. The Bertz CT molecular complexity index is 567. The summed E-state index contributed by atoms with van der Waals surface area (Å²) in [6, 6.07) is 5.90. The SMILES string of the molecule is Nc1ccc2oc(NCC3CCCCC3O)nc2c1. The Labute approximate surface area is 111 Å². The second-order valence-electron chi connectivity index (χ2n) is 5.24. The van der Waals surface area contributed by atoms with E-state index in [1.54, 1.807) is 12.1 Å². The van der Waals surface area contributed by atoms with Crippen molar-refractivity contribution in [2.24, 2.45) is 5.92 Å². The average molecular weight is 261 g/mol. The largest absolute Gasteiger partial charge is 0.424 e. The van der Waals surface area contributed by atoms with E-state index >= 15 is 0 Å². The van der Waals surface area contributed by atoms with Crippen LogP contribution in [0.15, 0.2) is 22.6 Å². The molecule has 1 aromatic heterocycles. The molecule has 2 unspecified atom stereocenters. The number of aliphatic hydroxyl groups excluding tert-OH is 1. The fourth-order valence-corrected chi connectivity index (χ4v) is 2.66. The molecule has 1 aliphatic carbocycles. The molecule has 5 heteroatoms. The fourth-order valence-electron chi connectivity index (χ4n) is 2.66. The summed E-state index contributed by atoms with van der Waals surface area (Å²) in [5.41, 5.74) is 7.86. The van der Waals surface area contributed by atoms with Crippen molar-refractivity contribution < 1.29 is 9.52 Å². The monoisotopic (exact) mass is 261 g/mol. The van der Waals surface area contributed by atoms with Crippen molar-refractivity contribution in [3.8, 4) is 0 Å². The molecule has 1 aliphatic rings. The molecule has 102 valence electrons. The zero-order valence-corrected chi connectivity index (χ0v) is 10.8. The average Bonchev–Trinajstić information content (AvgIpc) is 2.79. The number of rotatable bonds is 3. The predicted molar refractivity (Wildman–Crippen MR) is 74.9 cm³/mol. The molecule has 0 radical (unpaired) electrons. The van der Waals surface area contributed by atoms with Crippen molar-refractivity contribution >= 4 is 22.8 Å². The molecule has 2 atom stereocenters. The van der Waals surface area contributed by atoms with Gasteiger partial charge in [0, 0.05) is 18.2 Å². The van der Waals surface area contributed by atoms with Gasteiger partial charge in [-0.25, -0.2) is 0 Å². The van der Waals surface area contributed by atoms with E-state index in [2.05, 4.69) is 10.3 Å². The van der Waals surface area contributed by atoms with E-state index in [1.165, 1.54) is 6.42 Å². The molecule has 1 aromatic carbocycles. The van der Waals surface area contributed by atoms with Gasteiger partial charge in [0.2, 0.25) is 0 Å². The van der Waals surface area contributed by atoms with E-state index in [9.17, 15) is 5.11 Å². The lowest BCUT2D eigenvalue weighted by Gasteiger charge is -2.27. The third-order valence-corrected chi connectivity index (χ3v) is 3.80. The van der Waals surface area contributed by atoms with Crippen molar-refractivity contribution in [2.75, 3.05) is 17.6 Å². The minimum absolute atomic E-state index is 0.207. The summed E-state index contributed by atoms with van der Waals surface area (Å²) in [6.07, 6.45) is 4.06. The molecule has 19 heavy (non-hydrogen) atoms. The third-order valence-electron chi connectivity index (χ3n) is 3.80. The summed E-state index contributed by atoms with van der Waals surface area (Å²) in [6.45, 7) is 0.698. The minimum atomic E-state index is -0.207. The number of aliphatic hydroxyl groups is 1. The highest BCUT2D eigenvalue weighted by atomic mass is 16.4. The van der Waals surface area contributed by atoms with E-state index in [0.717, 1.165) is 30.4 Å². The van der Waals surface area contributed by atoms with Gasteiger partial charge in [-0.2, -0.15) is 4.98 Å². The van der Waals surface area contributed by atoms with Gasteiger partial charge in [0.1, 0.15) is 5.52 Å². The first-order valence-corrected chi connectivity index (χ1v) is 6.80.